The number of hydrogen-bond acceptors (Lipinski definition) is 9. The van der Waals surface area contributed by atoms with Gasteiger partial charge in [0.05, 0.1) is 11.3 Å². The number of pyridine rings is 1. The van der Waals surface area contributed by atoms with Crippen molar-refractivity contribution in [2.45, 2.75) is 37.3 Å². The molecule has 254 valence electrons. The third-order valence-electron chi connectivity index (χ3n) is 7.81. The first-order chi connectivity index (χ1) is 24.2. The maximum Gasteiger partial charge on any atom is 0.253 e. The van der Waals surface area contributed by atoms with E-state index in [0.29, 0.717) is 39.2 Å². The molecular weight excluding hydrogens is 676 g/mol. The molecule has 0 bridgehead atoms. The van der Waals surface area contributed by atoms with Crippen LogP contribution in [0.1, 0.15) is 51.3 Å². The largest absolute Gasteiger partial charge is 0.478 e. The van der Waals surface area contributed by atoms with E-state index in [2.05, 4.69) is 15.3 Å². The third kappa shape index (κ3) is 7.78. The number of thiazole rings is 1. The van der Waals surface area contributed by atoms with Gasteiger partial charge in [0.15, 0.2) is 27.1 Å². The number of hydrogen-bond donors (Lipinski definition) is 1. The highest BCUT2D eigenvalue weighted by Gasteiger charge is 2.29. The molecule has 1 amide bonds. The molecule has 4 aromatic carbocycles. The van der Waals surface area contributed by atoms with E-state index < -0.39 is 17.2 Å². The Labute approximate surface area is 295 Å². The number of aromatic nitrogens is 2. The van der Waals surface area contributed by atoms with E-state index in [1.165, 1.54) is 19.1 Å². The quantitative estimate of drug-likeness (QED) is 0.121. The van der Waals surface area contributed by atoms with Crippen LogP contribution < -0.4 is 14.2 Å². The summed E-state index contributed by atoms with van der Waals surface area (Å²) in [4.78, 5) is 35.8. The van der Waals surface area contributed by atoms with E-state index in [0.717, 1.165) is 28.0 Å². The smallest absolute Gasteiger partial charge is 0.253 e. The maximum absolute atomic E-state index is 13.9. The Bertz CT molecular complexity index is 2120. The number of aryl methyl sites for hydroxylation is 1. The predicted octanol–water partition coefficient (Wildman–Crippen LogP) is 7.81. The molecule has 0 aliphatic heterocycles. The predicted molar refractivity (Wildman–Crippen MR) is 192 cm³/mol. The Morgan fingerprint density at radius 3 is 2.24 bits per heavy atom. The number of halogens is 1. The van der Waals surface area contributed by atoms with E-state index in [9.17, 15) is 18.2 Å². The Kier molecular flexibility index (Phi) is 10.7. The molecule has 1 N–H and O–H groups in total. The highest BCUT2D eigenvalue weighted by molar-refractivity contribution is 7.83. The zero-order valence-electron chi connectivity index (χ0n) is 27.5. The van der Waals surface area contributed by atoms with Crippen LogP contribution in [-0.4, -0.2) is 38.3 Å². The average Bonchev–Trinajstić information content (AvgIpc) is 3.49. The van der Waals surface area contributed by atoms with Gasteiger partial charge in [-0.3, -0.25) is 19.5 Å². The van der Waals surface area contributed by atoms with Gasteiger partial charge >= 0.3 is 0 Å². The zero-order valence-corrected chi connectivity index (χ0v) is 29.1. The summed E-state index contributed by atoms with van der Waals surface area (Å²) >= 11 is -1.05. The van der Waals surface area contributed by atoms with Crippen LogP contribution in [0.5, 0.6) is 11.5 Å². The van der Waals surface area contributed by atoms with Crippen LogP contribution in [0.15, 0.2) is 107 Å². The Morgan fingerprint density at radius 2 is 1.62 bits per heavy atom. The fourth-order valence-electron chi connectivity index (χ4n) is 5.60. The summed E-state index contributed by atoms with van der Waals surface area (Å²) in [6.07, 6.45) is 1.71. The first-order valence-electron chi connectivity index (χ1n) is 15.6. The van der Waals surface area contributed by atoms with Gasteiger partial charge in [-0.15, -0.1) is 0 Å². The summed E-state index contributed by atoms with van der Waals surface area (Å²) in [5, 5.41) is 3.40. The molecule has 9 nitrogen and oxygen atoms in total. The SMILES string of the molecule is CC(=O)Nc1nc(C)c(S(=O)Oc2c(CN(C)Cc3ccc(F)cc3)c(C=O)c(OC(c3ccccc3)c3ccccc3)c3ncccc23)s1. The highest BCUT2D eigenvalue weighted by Crippen LogP contribution is 2.43. The van der Waals surface area contributed by atoms with Crippen molar-refractivity contribution < 1.29 is 27.1 Å². The van der Waals surface area contributed by atoms with Crippen molar-refractivity contribution >= 4 is 50.6 Å². The summed E-state index contributed by atoms with van der Waals surface area (Å²) in [7, 11) is 1.86. The first kappa shape index (κ1) is 34.6. The van der Waals surface area contributed by atoms with Crippen molar-refractivity contribution in [3.05, 3.63) is 143 Å². The molecule has 1 atom stereocenters. The standard InChI is InChI=1S/C38H33FN4O5S2/c1-24-37(49-38(41-24)42-25(2)45)50(46)48-35-30-15-10-20-40-33(30)36(47-34(27-11-6-4-7-12-27)28-13-8-5-9-14-28)32(23-44)31(35)22-43(3)21-26-16-18-29(39)19-17-26/h4-20,23,34H,21-22H2,1-3H3,(H,41,42,45). The lowest BCUT2D eigenvalue weighted by Crippen LogP contribution is -2.20. The van der Waals surface area contributed by atoms with Gasteiger partial charge in [-0.2, -0.15) is 0 Å². The molecule has 0 fully saturated rings. The first-order valence-corrected chi connectivity index (χ1v) is 17.5. The Hall–Kier alpha value is -5.30. The van der Waals surface area contributed by atoms with Gasteiger partial charge in [-0.1, -0.05) is 84.1 Å². The summed E-state index contributed by atoms with van der Waals surface area (Å²) in [6.45, 7) is 3.62. The van der Waals surface area contributed by atoms with E-state index in [4.69, 9.17) is 8.92 Å². The number of fused-ring (bicyclic) bond motifs is 1. The van der Waals surface area contributed by atoms with Crippen molar-refractivity contribution in [2.24, 2.45) is 0 Å². The van der Waals surface area contributed by atoms with Gasteiger partial charge in [0.25, 0.3) is 11.1 Å². The molecule has 6 rings (SSSR count). The molecular formula is C38H33FN4O5S2. The van der Waals surface area contributed by atoms with Gasteiger partial charge in [0.2, 0.25) is 5.91 Å². The minimum Gasteiger partial charge on any atom is -0.478 e. The number of anilines is 1. The molecule has 2 heterocycles. The van der Waals surface area contributed by atoms with Crippen LogP contribution in [0.25, 0.3) is 10.9 Å². The summed E-state index contributed by atoms with van der Waals surface area (Å²) in [6, 6.07) is 29.1. The fraction of sp³-hybridized carbons (Fsp3) is 0.158. The average molecular weight is 709 g/mol. The van der Waals surface area contributed by atoms with Crippen molar-refractivity contribution in [3.63, 3.8) is 0 Å². The molecule has 2 aromatic heterocycles. The van der Waals surface area contributed by atoms with E-state index in [1.807, 2.05) is 72.6 Å². The van der Waals surface area contributed by atoms with Crippen LogP contribution in [-0.2, 0) is 29.0 Å². The number of amides is 1. The molecule has 0 aliphatic rings. The van der Waals surface area contributed by atoms with Crippen LogP contribution in [0, 0.1) is 12.7 Å². The van der Waals surface area contributed by atoms with E-state index in [-0.39, 0.29) is 40.5 Å². The third-order valence-corrected chi connectivity index (χ3v) is 10.3. The zero-order chi connectivity index (χ0) is 35.2. The molecule has 12 heteroatoms. The number of benzene rings is 4. The summed E-state index contributed by atoms with van der Waals surface area (Å²) < 4.78 is 41.0. The summed E-state index contributed by atoms with van der Waals surface area (Å²) in [5.74, 6) is -0.209. The number of rotatable bonds is 13. The van der Waals surface area contributed by atoms with Gasteiger partial charge in [-0.25, -0.2) is 13.6 Å². The van der Waals surface area contributed by atoms with Crippen LogP contribution in [0.2, 0.25) is 0 Å². The number of nitrogens with zero attached hydrogens (tertiary/aromatic N) is 3. The number of aldehydes is 1. The number of carbonyl (C=O) groups excluding carboxylic acids is 2. The highest BCUT2D eigenvalue weighted by atomic mass is 32.2. The van der Waals surface area contributed by atoms with E-state index in [1.54, 1.807) is 37.4 Å². The van der Waals surface area contributed by atoms with Crippen LogP contribution >= 0.6 is 11.3 Å². The maximum atomic E-state index is 13.9. The lowest BCUT2D eigenvalue weighted by molar-refractivity contribution is -0.114. The van der Waals surface area contributed by atoms with Crippen molar-refractivity contribution in [1.82, 2.24) is 14.9 Å². The molecule has 0 saturated carbocycles. The number of carbonyl (C=O) groups is 2. The second kappa shape index (κ2) is 15.5. The monoisotopic (exact) mass is 708 g/mol. The van der Waals surface area contributed by atoms with Gasteiger partial charge in [0, 0.05) is 37.2 Å². The molecule has 0 aliphatic carbocycles. The number of nitrogens with one attached hydrogen (secondary N) is 1. The normalized spacial score (nSPS) is 11.9. The van der Waals surface area contributed by atoms with Crippen molar-refractivity contribution in [3.8, 4) is 11.5 Å². The van der Waals surface area contributed by atoms with Crippen molar-refractivity contribution in [2.75, 3.05) is 12.4 Å². The van der Waals surface area contributed by atoms with Gasteiger partial charge in [-0.05, 0) is 54.9 Å². The Balaban J connectivity index is 1.50. The minimum atomic E-state index is -2.09. The lowest BCUT2D eigenvalue weighted by Gasteiger charge is -2.26. The fourth-order valence-corrected chi connectivity index (χ4v) is 7.66. The Morgan fingerprint density at radius 1 is 0.960 bits per heavy atom. The molecule has 0 saturated heterocycles. The topological polar surface area (TPSA) is 111 Å². The molecule has 1 unspecified atom stereocenters. The lowest BCUT2D eigenvalue weighted by atomic mass is 9.98. The number of ether oxygens (including phenoxy) is 1. The second-order valence-corrected chi connectivity index (χ2v) is 13.9. The van der Waals surface area contributed by atoms with E-state index >= 15 is 0 Å². The molecule has 50 heavy (non-hydrogen) atoms. The summed E-state index contributed by atoms with van der Waals surface area (Å²) in [5.41, 5.74) is 3.98. The van der Waals surface area contributed by atoms with Gasteiger partial charge in [0.1, 0.15) is 17.4 Å². The van der Waals surface area contributed by atoms with Crippen molar-refractivity contribution in [1.29, 1.82) is 0 Å². The van der Waals surface area contributed by atoms with Gasteiger partial charge < -0.3 is 14.2 Å². The molecule has 0 spiro atoms. The second-order valence-electron chi connectivity index (χ2n) is 11.6. The van der Waals surface area contributed by atoms with Crippen LogP contribution in [0.4, 0.5) is 9.52 Å². The van der Waals surface area contributed by atoms with Crippen LogP contribution in [0.3, 0.4) is 0 Å². The molecule has 0 radical (unpaired) electrons. The molecule has 6 aromatic rings. The minimum absolute atomic E-state index is 0.166.